The molecule has 1 aliphatic rings. The fourth-order valence-electron chi connectivity index (χ4n) is 3.38. The van der Waals surface area contributed by atoms with Crippen LogP contribution < -0.4 is 0 Å². The molecule has 10 heteroatoms. The molecule has 0 unspecified atom stereocenters. The van der Waals surface area contributed by atoms with Crippen molar-refractivity contribution >= 4 is 33.0 Å². The Hall–Kier alpha value is -2.30. The molecule has 2 heterocycles. The number of carbonyl (C=O) groups excluding carboxylic acids is 1. The molecule has 1 aromatic heterocycles. The molecule has 0 atom stereocenters. The number of rotatable bonds is 5. The van der Waals surface area contributed by atoms with Crippen LogP contribution in [0.15, 0.2) is 29.2 Å². The predicted molar refractivity (Wildman–Crippen MR) is 111 cm³/mol. The Balaban J connectivity index is 1.75. The summed E-state index contributed by atoms with van der Waals surface area (Å²) in [4.78, 5) is 26.6. The van der Waals surface area contributed by atoms with Gasteiger partial charge < -0.3 is 4.90 Å². The van der Waals surface area contributed by atoms with Crippen LogP contribution in [-0.2, 0) is 16.4 Å². The van der Waals surface area contributed by atoms with Crippen LogP contribution in [-0.4, -0.2) is 54.6 Å². The molecule has 0 N–H and O–H groups in total. The lowest BCUT2D eigenvalue weighted by Crippen LogP contribution is -2.50. The van der Waals surface area contributed by atoms with Gasteiger partial charge in [0.2, 0.25) is 10.0 Å². The molecule has 8 nitrogen and oxygen atoms in total. The number of nitro benzene ring substituents is 1. The second kappa shape index (κ2) is 8.21. The Morgan fingerprint density at radius 2 is 1.83 bits per heavy atom. The van der Waals surface area contributed by atoms with Gasteiger partial charge in [-0.3, -0.25) is 14.9 Å². The molecule has 0 spiro atoms. The van der Waals surface area contributed by atoms with Gasteiger partial charge in [-0.05, 0) is 37.5 Å². The topological polar surface area (TPSA) is 101 Å². The van der Waals surface area contributed by atoms with Crippen molar-refractivity contribution < 1.29 is 18.1 Å². The van der Waals surface area contributed by atoms with Gasteiger partial charge in [-0.2, -0.15) is 4.31 Å². The summed E-state index contributed by atoms with van der Waals surface area (Å²) in [5, 5.41) is 11.0. The first-order chi connectivity index (χ1) is 13.6. The SMILES string of the molecule is CCc1cc(C(=O)N2CCN(S(=O)(=O)c3cc([N+](=O)[O-])ccc3C)CC2)sc1C. The largest absolute Gasteiger partial charge is 0.335 e. The molecular formula is C19H23N3O5S2. The number of hydrogen-bond acceptors (Lipinski definition) is 6. The van der Waals surface area contributed by atoms with Crippen molar-refractivity contribution in [2.24, 2.45) is 0 Å². The summed E-state index contributed by atoms with van der Waals surface area (Å²) in [6.07, 6.45) is 0.865. The highest BCUT2D eigenvalue weighted by atomic mass is 32.2. The molecule has 1 aliphatic heterocycles. The van der Waals surface area contributed by atoms with E-state index < -0.39 is 14.9 Å². The Bertz CT molecular complexity index is 1050. The minimum atomic E-state index is -3.88. The molecule has 0 bridgehead atoms. The molecule has 156 valence electrons. The zero-order valence-electron chi connectivity index (χ0n) is 16.5. The van der Waals surface area contributed by atoms with Gasteiger partial charge in [0.15, 0.2) is 0 Å². The van der Waals surface area contributed by atoms with Gasteiger partial charge in [0.05, 0.1) is 14.7 Å². The van der Waals surface area contributed by atoms with Crippen LogP contribution in [0, 0.1) is 24.0 Å². The Morgan fingerprint density at radius 3 is 2.38 bits per heavy atom. The standard InChI is InChI=1S/C19H23N3O5S2/c1-4-15-11-17(28-14(15)3)19(23)20-7-9-21(10-8-20)29(26,27)18-12-16(22(24)25)6-5-13(18)2/h5-6,11-12H,4,7-10H2,1-3H3. The average molecular weight is 438 g/mol. The molecule has 1 saturated heterocycles. The maximum absolute atomic E-state index is 13.0. The third kappa shape index (κ3) is 4.19. The van der Waals surface area contributed by atoms with Gasteiger partial charge in [0.1, 0.15) is 0 Å². The van der Waals surface area contributed by atoms with E-state index in [2.05, 4.69) is 0 Å². The minimum Gasteiger partial charge on any atom is -0.335 e. The van der Waals surface area contributed by atoms with Crippen molar-refractivity contribution in [3.63, 3.8) is 0 Å². The Morgan fingerprint density at radius 1 is 1.17 bits per heavy atom. The van der Waals surface area contributed by atoms with Gasteiger partial charge in [-0.25, -0.2) is 8.42 Å². The number of non-ortho nitro benzene ring substituents is 1. The summed E-state index contributed by atoms with van der Waals surface area (Å²) in [5.74, 6) is -0.0821. The van der Waals surface area contributed by atoms with E-state index in [0.717, 1.165) is 22.9 Å². The number of piperazine rings is 1. The van der Waals surface area contributed by atoms with Crippen LogP contribution in [0.1, 0.15) is 32.6 Å². The maximum atomic E-state index is 13.0. The summed E-state index contributed by atoms with van der Waals surface area (Å²) in [5.41, 5.74) is 1.35. The molecular weight excluding hydrogens is 414 g/mol. The number of thiophene rings is 1. The number of benzene rings is 1. The fraction of sp³-hybridized carbons (Fsp3) is 0.421. The Kier molecular flexibility index (Phi) is 6.06. The van der Waals surface area contributed by atoms with E-state index >= 15 is 0 Å². The van der Waals surface area contributed by atoms with Crippen LogP contribution in [0.5, 0.6) is 0 Å². The third-order valence-corrected chi connectivity index (χ3v) is 8.26. The average Bonchev–Trinajstić information content (AvgIpc) is 3.08. The third-order valence-electron chi connectivity index (χ3n) is 5.14. The van der Waals surface area contributed by atoms with E-state index in [1.807, 2.05) is 19.9 Å². The van der Waals surface area contributed by atoms with E-state index in [-0.39, 0.29) is 42.7 Å². The maximum Gasteiger partial charge on any atom is 0.270 e. The number of sulfonamides is 1. The normalized spacial score (nSPS) is 15.5. The molecule has 1 amide bonds. The number of carbonyl (C=O) groups is 1. The van der Waals surface area contributed by atoms with Gasteiger partial charge in [-0.1, -0.05) is 13.0 Å². The lowest BCUT2D eigenvalue weighted by atomic mass is 10.2. The highest BCUT2D eigenvalue weighted by molar-refractivity contribution is 7.89. The quantitative estimate of drug-likeness (QED) is 0.529. The molecule has 0 saturated carbocycles. The van der Waals surface area contributed by atoms with E-state index in [9.17, 15) is 23.3 Å². The first-order valence-electron chi connectivity index (χ1n) is 9.29. The molecule has 1 aromatic carbocycles. The van der Waals surface area contributed by atoms with Gasteiger partial charge in [0.25, 0.3) is 11.6 Å². The zero-order chi connectivity index (χ0) is 21.3. The van der Waals surface area contributed by atoms with Crippen molar-refractivity contribution in [1.82, 2.24) is 9.21 Å². The number of aryl methyl sites for hydroxylation is 3. The monoisotopic (exact) mass is 437 g/mol. The van der Waals surface area contributed by atoms with Crippen molar-refractivity contribution in [2.45, 2.75) is 32.1 Å². The molecule has 1 fully saturated rings. The summed E-state index contributed by atoms with van der Waals surface area (Å²) < 4.78 is 27.3. The van der Waals surface area contributed by atoms with E-state index in [1.165, 1.54) is 27.8 Å². The summed E-state index contributed by atoms with van der Waals surface area (Å²) in [6.45, 7) is 6.52. The summed E-state index contributed by atoms with van der Waals surface area (Å²) >= 11 is 1.46. The highest BCUT2D eigenvalue weighted by Gasteiger charge is 2.32. The van der Waals surface area contributed by atoms with Crippen LogP contribution >= 0.6 is 11.3 Å². The van der Waals surface area contributed by atoms with Crippen LogP contribution in [0.25, 0.3) is 0 Å². The molecule has 0 radical (unpaired) electrons. The van der Waals surface area contributed by atoms with Crippen LogP contribution in [0.4, 0.5) is 5.69 Å². The molecule has 2 aromatic rings. The van der Waals surface area contributed by atoms with Gasteiger partial charge in [-0.15, -0.1) is 11.3 Å². The minimum absolute atomic E-state index is 0.0621. The number of nitrogens with zero attached hydrogens (tertiary/aromatic N) is 3. The smallest absolute Gasteiger partial charge is 0.270 e. The fourth-order valence-corrected chi connectivity index (χ4v) is 6.13. The van der Waals surface area contributed by atoms with Crippen LogP contribution in [0.2, 0.25) is 0 Å². The second-order valence-electron chi connectivity index (χ2n) is 6.95. The summed E-state index contributed by atoms with van der Waals surface area (Å²) in [6, 6.07) is 5.74. The number of hydrogen-bond donors (Lipinski definition) is 0. The van der Waals surface area contributed by atoms with E-state index in [0.29, 0.717) is 10.4 Å². The van der Waals surface area contributed by atoms with Crippen molar-refractivity contribution in [3.8, 4) is 0 Å². The number of amides is 1. The zero-order valence-corrected chi connectivity index (χ0v) is 18.2. The Labute approximate surface area is 174 Å². The van der Waals surface area contributed by atoms with E-state index in [4.69, 9.17) is 0 Å². The summed E-state index contributed by atoms with van der Waals surface area (Å²) in [7, 11) is -3.88. The predicted octanol–water partition coefficient (Wildman–Crippen LogP) is 2.98. The van der Waals surface area contributed by atoms with Crippen molar-refractivity contribution in [2.75, 3.05) is 26.2 Å². The lowest BCUT2D eigenvalue weighted by Gasteiger charge is -2.34. The van der Waals surface area contributed by atoms with Gasteiger partial charge in [0, 0.05) is 43.2 Å². The van der Waals surface area contributed by atoms with Crippen LogP contribution in [0.3, 0.4) is 0 Å². The van der Waals surface area contributed by atoms with Crippen molar-refractivity contribution in [1.29, 1.82) is 0 Å². The number of nitro groups is 1. The second-order valence-corrected chi connectivity index (χ2v) is 10.1. The molecule has 29 heavy (non-hydrogen) atoms. The van der Waals surface area contributed by atoms with E-state index in [1.54, 1.807) is 11.8 Å². The first kappa shape index (κ1) is 21.4. The van der Waals surface area contributed by atoms with Crippen molar-refractivity contribution in [3.05, 3.63) is 55.3 Å². The highest BCUT2D eigenvalue weighted by Crippen LogP contribution is 2.27. The lowest BCUT2D eigenvalue weighted by molar-refractivity contribution is -0.385. The first-order valence-corrected chi connectivity index (χ1v) is 11.5. The van der Waals surface area contributed by atoms with Gasteiger partial charge >= 0.3 is 0 Å². The molecule has 0 aliphatic carbocycles. The molecule has 3 rings (SSSR count).